The van der Waals surface area contributed by atoms with Crippen molar-refractivity contribution in [3.8, 4) is 11.5 Å². The van der Waals surface area contributed by atoms with Gasteiger partial charge >= 0.3 is 0 Å². The minimum absolute atomic E-state index is 0. The van der Waals surface area contributed by atoms with Crippen molar-refractivity contribution in [2.75, 3.05) is 65.4 Å². The molecule has 2 N–H and O–H groups in total. The van der Waals surface area contributed by atoms with Crippen LogP contribution in [0.3, 0.4) is 0 Å². The Morgan fingerprint density at radius 1 is 0.939 bits per heavy atom. The summed E-state index contributed by atoms with van der Waals surface area (Å²) in [6, 6.07) is 16.6. The molecule has 8 heteroatoms. The predicted molar refractivity (Wildman–Crippen MR) is 147 cm³/mol. The monoisotopic (exact) mass is 567 g/mol. The van der Waals surface area contributed by atoms with Gasteiger partial charge in [0, 0.05) is 63.6 Å². The Hall–Kier alpha value is -2.20. The molecule has 1 saturated heterocycles. The molecule has 0 atom stereocenters. The third kappa shape index (κ3) is 8.58. The van der Waals surface area contributed by atoms with Gasteiger partial charge in [-0.1, -0.05) is 18.2 Å². The first-order valence-corrected chi connectivity index (χ1v) is 11.4. The van der Waals surface area contributed by atoms with Crippen LogP contribution >= 0.6 is 24.0 Å². The molecule has 0 unspecified atom stereocenters. The molecule has 0 aliphatic carbocycles. The lowest BCUT2D eigenvalue weighted by Gasteiger charge is -2.36. The van der Waals surface area contributed by atoms with Crippen LogP contribution in [0, 0.1) is 0 Å². The number of unbranched alkanes of at least 4 members (excludes halogenated alkanes) is 1. The number of hydrogen-bond acceptors (Lipinski definition) is 5. The molecule has 1 aliphatic heterocycles. The van der Waals surface area contributed by atoms with Gasteiger partial charge < -0.3 is 25.0 Å². The number of piperazine rings is 1. The number of para-hydroxylation sites is 1. The minimum Gasteiger partial charge on any atom is -0.497 e. The molecule has 1 aliphatic rings. The summed E-state index contributed by atoms with van der Waals surface area (Å²) in [6.45, 7) is 7.17. The third-order valence-corrected chi connectivity index (χ3v) is 5.85. The van der Waals surface area contributed by atoms with Crippen molar-refractivity contribution >= 4 is 35.6 Å². The average molecular weight is 568 g/mol. The van der Waals surface area contributed by atoms with Crippen molar-refractivity contribution in [3.63, 3.8) is 0 Å². The van der Waals surface area contributed by atoms with Crippen molar-refractivity contribution in [1.29, 1.82) is 0 Å². The van der Waals surface area contributed by atoms with Crippen molar-refractivity contribution in [1.82, 2.24) is 15.5 Å². The van der Waals surface area contributed by atoms with Crippen LogP contribution < -0.4 is 25.0 Å². The van der Waals surface area contributed by atoms with Crippen LogP contribution in [0.5, 0.6) is 11.5 Å². The molecule has 182 valence electrons. The molecule has 7 nitrogen and oxygen atoms in total. The highest BCUT2D eigenvalue weighted by atomic mass is 127. The van der Waals surface area contributed by atoms with Gasteiger partial charge in [-0.15, -0.1) is 24.0 Å². The van der Waals surface area contributed by atoms with Crippen molar-refractivity contribution in [2.45, 2.75) is 19.4 Å². The second-order valence-electron chi connectivity index (χ2n) is 7.90. The van der Waals surface area contributed by atoms with Crippen LogP contribution in [-0.4, -0.2) is 71.4 Å². The fourth-order valence-corrected chi connectivity index (χ4v) is 3.93. The van der Waals surface area contributed by atoms with E-state index < -0.39 is 0 Å². The molecule has 0 aromatic heterocycles. The highest BCUT2D eigenvalue weighted by Gasteiger charge is 2.16. The number of rotatable bonds is 10. The molecule has 0 bridgehead atoms. The fraction of sp³-hybridized carbons (Fsp3) is 0.480. The van der Waals surface area contributed by atoms with Crippen molar-refractivity contribution < 1.29 is 9.47 Å². The number of ether oxygens (including phenoxy) is 2. The van der Waals surface area contributed by atoms with Crippen LogP contribution in [0.15, 0.2) is 53.5 Å². The zero-order valence-corrected chi connectivity index (χ0v) is 22.4. The normalized spacial score (nSPS) is 14.4. The summed E-state index contributed by atoms with van der Waals surface area (Å²) in [5.41, 5.74) is 2.40. The van der Waals surface area contributed by atoms with Gasteiger partial charge in [-0.3, -0.25) is 9.89 Å². The summed E-state index contributed by atoms with van der Waals surface area (Å²) < 4.78 is 10.7. The Kier molecular flexibility index (Phi) is 12.2. The van der Waals surface area contributed by atoms with Gasteiger partial charge in [-0.2, -0.15) is 0 Å². The van der Waals surface area contributed by atoms with Gasteiger partial charge in [-0.25, -0.2) is 0 Å². The molecule has 0 amide bonds. The Morgan fingerprint density at radius 2 is 1.70 bits per heavy atom. The van der Waals surface area contributed by atoms with Gasteiger partial charge in [0.2, 0.25) is 0 Å². The van der Waals surface area contributed by atoms with Crippen LogP contribution in [0.25, 0.3) is 0 Å². The highest BCUT2D eigenvalue weighted by molar-refractivity contribution is 14.0. The van der Waals surface area contributed by atoms with Crippen molar-refractivity contribution in [3.05, 3.63) is 54.1 Å². The molecular formula is C25H38IN5O2. The molecule has 0 radical (unpaired) electrons. The lowest BCUT2D eigenvalue weighted by molar-refractivity contribution is 0.253. The molecule has 0 spiro atoms. The van der Waals surface area contributed by atoms with E-state index in [9.17, 15) is 0 Å². The molecular weight excluding hydrogens is 529 g/mol. The number of anilines is 1. The molecule has 1 heterocycles. The van der Waals surface area contributed by atoms with E-state index in [0.717, 1.165) is 68.7 Å². The lowest BCUT2D eigenvalue weighted by atomic mass is 10.2. The molecule has 1 fully saturated rings. The van der Waals surface area contributed by atoms with Crippen molar-refractivity contribution in [2.24, 2.45) is 4.99 Å². The van der Waals surface area contributed by atoms with E-state index in [4.69, 9.17) is 9.47 Å². The van der Waals surface area contributed by atoms with Crippen LogP contribution in [0.4, 0.5) is 5.69 Å². The second-order valence-corrected chi connectivity index (χ2v) is 7.90. The first-order chi connectivity index (χ1) is 15.7. The number of nitrogens with zero attached hydrogens (tertiary/aromatic N) is 3. The quantitative estimate of drug-likeness (QED) is 0.198. The summed E-state index contributed by atoms with van der Waals surface area (Å²) in [5, 5.41) is 6.77. The fourth-order valence-electron chi connectivity index (χ4n) is 3.93. The maximum Gasteiger partial charge on any atom is 0.191 e. The molecule has 33 heavy (non-hydrogen) atoms. The predicted octanol–water partition coefficient (Wildman–Crippen LogP) is 3.59. The number of hydrogen-bond donors (Lipinski definition) is 2. The van der Waals surface area contributed by atoms with Crippen LogP contribution in [0.2, 0.25) is 0 Å². The topological polar surface area (TPSA) is 61.4 Å². The summed E-state index contributed by atoms with van der Waals surface area (Å²) in [5.74, 6) is 2.40. The SMILES string of the molecule is CN=C(NCCCCN1CCN(c2ccccc2)CC1)NCc1ccc(OC)cc1OC.I. The number of methoxy groups -OCH3 is 2. The highest BCUT2D eigenvalue weighted by Crippen LogP contribution is 2.24. The van der Waals surface area contributed by atoms with E-state index in [2.05, 4.69) is 55.8 Å². The maximum absolute atomic E-state index is 5.47. The Labute approximate surface area is 215 Å². The summed E-state index contributed by atoms with van der Waals surface area (Å²) >= 11 is 0. The number of guanidine groups is 1. The number of halogens is 1. The zero-order chi connectivity index (χ0) is 22.6. The van der Waals surface area contributed by atoms with Gasteiger partial charge in [0.25, 0.3) is 0 Å². The second kappa shape index (κ2) is 14.8. The van der Waals surface area contributed by atoms with E-state index in [1.54, 1.807) is 21.3 Å². The molecule has 0 saturated carbocycles. The summed E-state index contributed by atoms with van der Waals surface area (Å²) in [4.78, 5) is 9.38. The number of aliphatic imine (C=N–C) groups is 1. The van der Waals surface area contributed by atoms with E-state index in [0.29, 0.717) is 6.54 Å². The standard InChI is InChI=1S/C25H37N5O2.HI/c1-26-25(28-20-21-11-12-23(31-2)19-24(21)32-3)27-13-7-8-14-29-15-17-30(18-16-29)22-9-5-4-6-10-22;/h4-6,9-12,19H,7-8,13-18,20H2,1-3H3,(H2,26,27,28);1H. The van der Waals surface area contributed by atoms with E-state index >= 15 is 0 Å². The average Bonchev–Trinajstić information content (AvgIpc) is 2.86. The summed E-state index contributed by atoms with van der Waals surface area (Å²) in [7, 11) is 5.13. The van der Waals surface area contributed by atoms with Gasteiger partial charge in [0.05, 0.1) is 14.2 Å². The smallest absolute Gasteiger partial charge is 0.191 e. The van der Waals surface area contributed by atoms with E-state index in [1.807, 2.05) is 18.2 Å². The Bertz CT molecular complexity index is 842. The van der Waals surface area contributed by atoms with Gasteiger partial charge in [0.1, 0.15) is 11.5 Å². The molecule has 2 aromatic carbocycles. The largest absolute Gasteiger partial charge is 0.497 e. The number of nitrogens with one attached hydrogen (secondary N) is 2. The first-order valence-electron chi connectivity index (χ1n) is 11.4. The lowest BCUT2D eigenvalue weighted by Crippen LogP contribution is -2.46. The molecule has 3 rings (SSSR count). The summed E-state index contributed by atoms with van der Waals surface area (Å²) in [6.07, 6.45) is 2.30. The maximum atomic E-state index is 5.47. The third-order valence-electron chi connectivity index (χ3n) is 5.85. The van der Waals surface area contributed by atoms with E-state index in [-0.39, 0.29) is 24.0 Å². The number of benzene rings is 2. The minimum atomic E-state index is 0. The van der Waals surface area contributed by atoms with E-state index in [1.165, 1.54) is 12.1 Å². The first kappa shape index (κ1) is 27.0. The van der Waals surface area contributed by atoms with Crippen LogP contribution in [0.1, 0.15) is 18.4 Å². The van der Waals surface area contributed by atoms with Gasteiger partial charge in [-0.05, 0) is 43.7 Å². The Morgan fingerprint density at radius 3 is 2.36 bits per heavy atom. The van der Waals surface area contributed by atoms with Gasteiger partial charge in [0.15, 0.2) is 5.96 Å². The molecule has 2 aromatic rings. The zero-order valence-electron chi connectivity index (χ0n) is 20.0. The van der Waals surface area contributed by atoms with Crippen LogP contribution in [-0.2, 0) is 6.54 Å². The Balaban J connectivity index is 0.00000385.